The number of aromatic nitrogens is 1. The first-order valence-corrected chi connectivity index (χ1v) is 7.85. The van der Waals surface area contributed by atoms with E-state index in [1.54, 1.807) is 24.5 Å². The van der Waals surface area contributed by atoms with Crippen molar-refractivity contribution < 1.29 is 8.42 Å². The number of para-hydroxylation sites is 1. The predicted molar refractivity (Wildman–Crippen MR) is 72.3 cm³/mol. The van der Waals surface area contributed by atoms with E-state index in [9.17, 15) is 8.42 Å². The van der Waals surface area contributed by atoms with Crippen LogP contribution in [0.3, 0.4) is 0 Å². The van der Waals surface area contributed by atoms with E-state index in [0.717, 1.165) is 16.0 Å². The molecular weight excluding hydrogens is 268 g/mol. The third-order valence-electron chi connectivity index (χ3n) is 2.30. The van der Waals surface area contributed by atoms with Crippen LogP contribution in [-0.2, 0) is 9.84 Å². The number of nitrogen functional groups attached to an aromatic ring is 1. The molecule has 0 aliphatic carbocycles. The lowest BCUT2D eigenvalue weighted by Crippen LogP contribution is -2.03. The zero-order chi connectivity index (χ0) is 13.2. The highest BCUT2D eigenvalue weighted by molar-refractivity contribution is 7.99. The summed E-state index contributed by atoms with van der Waals surface area (Å²) < 4.78 is 23.1. The molecule has 18 heavy (non-hydrogen) atoms. The van der Waals surface area contributed by atoms with Crippen LogP contribution in [0.2, 0.25) is 0 Å². The Labute approximate surface area is 110 Å². The van der Waals surface area contributed by atoms with Crippen molar-refractivity contribution in [2.75, 3.05) is 12.0 Å². The molecule has 1 heterocycles. The van der Waals surface area contributed by atoms with Gasteiger partial charge >= 0.3 is 0 Å². The van der Waals surface area contributed by atoms with E-state index in [2.05, 4.69) is 4.98 Å². The number of rotatable bonds is 3. The summed E-state index contributed by atoms with van der Waals surface area (Å²) in [4.78, 5) is 5.78. The van der Waals surface area contributed by atoms with Crippen LogP contribution in [0, 0.1) is 0 Å². The largest absolute Gasteiger partial charge is 0.397 e. The number of benzene rings is 1. The molecule has 2 N–H and O–H groups in total. The lowest BCUT2D eigenvalue weighted by atomic mass is 10.3. The third-order valence-corrected chi connectivity index (χ3v) is 4.54. The summed E-state index contributed by atoms with van der Waals surface area (Å²) in [6, 6.07) is 8.70. The van der Waals surface area contributed by atoms with Crippen LogP contribution in [0.15, 0.2) is 57.4 Å². The Balaban J connectivity index is 2.42. The number of nitrogens with two attached hydrogens (primary N) is 1. The maximum atomic E-state index is 11.6. The molecule has 0 bridgehead atoms. The molecule has 1 aromatic heterocycles. The van der Waals surface area contributed by atoms with Crippen molar-refractivity contribution in [3.8, 4) is 0 Å². The van der Waals surface area contributed by atoms with Crippen LogP contribution in [0.1, 0.15) is 0 Å². The average Bonchev–Trinajstić information content (AvgIpc) is 2.32. The smallest absolute Gasteiger partial charge is 0.177 e. The summed E-state index contributed by atoms with van der Waals surface area (Å²) in [5, 5.41) is 0. The van der Waals surface area contributed by atoms with Crippen LogP contribution >= 0.6 is 11.8 Å². The molecule has 0 amide bonds. The van der Waals surface area contributed by atoms with Gasteiger partial charge in [-0.3, -0.25) is 4.98 Å². The van der Waals surface area contributed by atoms with Crippen molar-refractivity contribution >= 4 is 27.3 Å². The summed E-state index contributed by atoms with van der Waals surface area (Å²) in [5.74, 6) is 0. The van der Waals surface area contributed by atoms with E-state index < -0.39 is 9.84 Å². The third kappa shape index (κ3) is 2.83. The van der Waals surface area contributed by atoms with Gasteiger partial charge in [0.2, 0.25) is 0 Å². The highest BCUT2D eigenvalue weighted by atomic mass is 32.2. The first-order chi connectivity index (χ1) is 8.48. The Morgan fingerprint density at radius 1 is 1.17 bits per heavy atom. The van der Waals surface area contributed by atoms with Gasteiger partial charge in [0.15, 0.2) is 9.84 Å². The first-order valence-electron chi connectivity index (χ1n) is 5.15. The van der Waals surface area contributed by atoms with E-state index in [1.807, 2.05) is 12.1 Å². The first kappa shape index (κ1) is 12.9. The molecule has 0 spiro atoms. The molecule has 0 atom stereocenters. The van der Waals surface area contributed by atoms with Crippen LogP contribution in [0.25, 0.3) is 0 Å². The van der Waals surface area contributed by atoms with Gasteiger partial charge in [0.05, 0.1) is 10.6 Å². The molecule has 0 unspecified atom stereocenters. The maximum Gasteiger partial charge on any atom is 0.177 e. The zero-order valence-corrected chi connectivity index (χ0v) is 11.3. The fourth-order valence-electron chi connectivity index (χ4n) is 1.47. The minimum atomic E-state index is -3.30. The number of hydrogen-bond donors (Lipinski definition) is 1. The van der Waals surface area contributed by atoms with Crippen molar-refractivity contribution in [2.45, 2.75) is 14.7 Å². The highest BCUT2D eigenvalue weighted by Crippen LogP contribution is 2.34. The standard InChI is InChI=1S/C12H12N2O2S2/c1-18(15,16)11-4-2-3-10(12(11)13)17-9-5-7-14-8-6-9/h2-8H,13H2,1H3. The van der Waals surface area contributed by atoms with Gasteiger partial charge in [-0.2, -0.15) is 0 Å². The molecule has 2 aromatic rings. The van der Waals surface area contributed by atoms with Crippen LogP contribution in [-0.4, -0.2) is 19.7 Å². The number of nitrogens with zero attached hydrogens (tertiary/aromatic N) is 1. The highest BCUT2D eigenvalue weighted by Gasteiger charge is 2.14. The zero-order valence-electron chi connectivity index (χ0n) is 9.70. The molecular formula is C12H12N2O2S2. The van der Waals surface area contributed by atoms with Crippen molar-refractivity contribution in [2.24, 2.45) is 0 Å². The van der Waals surface area contributed by atoms with Gasteiger partial charge < -0.3 is 5.73 Å². The quantitative estimate of drug-likeness (QED) is 0.873. The maximum absolute atomic E-state index is 11.6. The molecule has 0 fully saturated rings. The molecule has 0 aliphatic heterocycles. The van der Waals surface area contributed by atoms with Crippen molar-refractivity contribution in [3.63, 3.8) is 0 Å². The Hall–Kier alpha value is -1.53. The summed E-state index contributed by atoms with van der Waals surface area (Å²) in [5.41, 5.74) is 6.20. The van der Waals surface area contributed by atoms with E-state index in [1.165, 1.54) is 17.8 Å². The molecule has 0 aliphatic rings. The molecule has 4 nitrogen and oxygen atoms in total. The second-order valence-corrected chi connectivity index (χ2v) is 6.82. The molecule has 94 valence electrons. The van der Waals surface area contributed by atoms with E-state index in [0.29, 0.717) is 5.69 Å². The van der Waals surface area contributed by atoms with Crippen LogP contribution in [0.5, 0.6) is 0 Å². The normalized spacial score (nSPS) is 11.4. The minimum Gasteiger partial charge on any atom is -0.397 e. The van der Waals surface area contributed by atoms with Gasteiger partial charge in [-0.05, 0) is 24.3 Å². The van der Waals surface area contributed by atoms with Gasteiger partial charge in [0.25, 0.3) is 0 Å². The summed E-state index contributed by atoms with van der Waals surface area (Å²) >= 11 is 1.42. The van der Waals surface area contributed by atoms with Crippen molar-refractivity contribution in [1.82, 2.24) is 4.98 Å². The average molecular weight is 280 g/mol. The molecule has 2 rings (SSSR count). The van der Waals surface area contributed by atoms with Crippen molar-refractivity contribution in [1.29, 1.82) is 0 Å². The van der Waals surface area contributed by atoms with Crippen molar-refractivity contribution in [3.05, 3.63) is 42.7 Å². The number of anilines is 1. The predicted octanol–water partition coefficient (Wildman–Crippen LogP) is 2.22. The Bertz CT molecular complexity index is 655. The molecule has 0 radical (unpaired) electrons. The fraction of sp³-hybridized carbons (Fsp3) is 0.0833. The Kier molecular flexibility index (Phi) is 3.58. The Morgan fingerprint density at radius 2 is 1.83 bits per heavy atom. The number of hydrogen-bond acceptors (Lipinski definition) is 5. The fourth-order valence-corrected chi connectivity index (χ4v) is 3.25. The summed E-state index contributed by atoms with van der Waals surface area (Å²) in [6.45, 7) is 0. The number of sulfone groups is 1. The van der Waals surface area contributed by atoms with Gasteiger partial charge in [0, 0.05) is 28.4 Å². The topological polar surface area (TPSA) is 73.0 Å². The molecule has 0 saturated heterocycles. The van der Waals surface area contributed by atoms with E-state index >= 15 is 0 Å². The second kappa shape index (κ2) is 4.99. The lowest BCUT2D eigenvalue weighted by molar-refractivity contribution is 0.602. The van der Waals surface area contributed by atoms with Gasteiger partial charge in [-0.1, -0.05) is 17.8 Å². The lowest BCUT2D eigenvalue weighted by Gasteiger charge is -2.09. The van der Waals surface area contributed by atoms with E-state index in [4.69, 9.17) is 5.73 Å². The van der Waals surface area contributed by atoms with Gasteiger partial charge in [-0.15, -0.1) is 0 Å². The Morgan fingerprint density at radius 3 is 2.44 bits per heavy atom. The summed E-state index contributed by atoms with van der Waals surface area (Å²) in [7, 11) is -3.30. The van der Waals surface area contributed by atoms with Gasteiger partial charge in [0.1, 0.15) is 0 Å². The van der Waals surface area contributed by atoms with Crippen LogP contribution in [0.4, 0.5) is 5.69 Å². The second-order valence-electron chi connectivity index (χ2n) is 3.73. The van der Waals surface area contributed by atoms with Crippen LogP contribution < -0.4 is 5.73 Å². The summed E-state index contributed by atoms with van der Waals surface area (Å²) in [6.07, 6.45) is 4.51. The van der Waals surface area contributed by atoms with Gasteiger partial charge in [-0.25, -0.2) is 8.42 Å². The monoisotopic (exact) mass is 280 g/mol. The van der Waals surface area contributed by atoms with E-state index in [-0.39, 0.29) is 4.90 Å². The number of pyridine rings is 1. The minimum absolute atomic E-state index is 0.168. The SMILES string of the molecule is CS(=O)(=O)c1cccc(Sc2ccncc2)c1N. The molecule has 1 aromatic carbocycles. The molecule has 0 saturated carbocycles. The molecule has 6 heteroatoms.